The molecule has 1 saturated heterocycles. The van der Waals surface area contributed by atoms with Crippen LogP contribution in [0.2, 0.25) is 0 Å². The molecule has 0 aromatic carbocycles. The van der Waals surface area contributed by atoms with E-state index in [1.807, 2.05) is 0 Å². The van der Waals surface area contributed by atoms with Gasteiger partial charge in [0, 0.05) is 19.6 Å². The molecule has 1 aliphatic heterocycles. The van der Waals surface area contributed by atoms with Crippen LogP contribution in [0.1, 0.15) is 12.8 Å². The van der Waals surface area contributed by atoms with Gasteiger partial charge in [-0.25, -0.2) is 0 Å². The summed E-state index contributed by atoms with van der Waals surface area (Å²) in [4.78, 5) is 2.34. The molecule has 0 radical (unpaired) electrons. The quantitative estimate of drug-likeness (QED) is 0.293. The van der Waals surface area contributed by atoms with Crippen molar-refractivity contribution < 1.29 is 9.94 Å². The van der Waals surface area contributed by atoms with Gasteiger partial charge in [0.05, 0.1) is 6.61 Å². The lowest BCUT2D eigenvalue weighted by molar-refractivity contribution is 0.128. The van der Waals surface area contributed by atoms with Crippen molar-refractivity contribution in [2.75, 3.05) is 33.4 Å². The van der Waals surface area contributed by atoms with Gasteiger partial charge in [0.25, 0.3) is 0 Å². The average molecular weight is 201 g/mol. The third kappa shape index (κ3) is 3.16. The van der Waals surface area contributed by atoms with Gasteiger partial charge in [-0.3, -0.25) is 0 Å². The molecule has 0 amide bonds. The fraction of sp³-hybridized carbons (Fsp3) is 0.889. The van der Waals surface area contributed by atoms with Crippen molar-refractivity contribution in [3.63, 3.8) is 0 Å². The van der Waals surface area contributed by atoms with Crippen LogP contribution in [0.5, 0.6) is 0 Å². The van der Waals surface area contributed by atoms with Crippen LogP contribution in [0, 0.1) is 5.92 Å². The topological polar surface area (TPSA) is 71.1 Å². The maximum atomic E-state index is 8.52. The van der Waals surface area contributed by atoms with E-state index in [1.54, 1.807) is 7.11 Å². The molecular formula is C9H19N3O2. The second-order valence-corrected chi connectivity index (χ2v) is 3.63. The Bertz CT molecular complexity index is 188. The number of rotatable bonds is 4. The molecule has 82 valence electrons. The van der Waals surface area contributed by atoms with Crippen molar-refractivity contribution in [3.8, 4) is 0 Å². The molecule has 14 heavy (non-hydrogen) atoms. The Labute approximate surface area is 84.5 Å². The number of amidine groups is 1. The molecule has 0 atom stereocenters. The lowest BCUT2D eigenvalue weighted by Gasteiger charge is -2.30. The number of ether oxygens (including phenoxy) is 1. The van der Waals surface area contributed by atoms with E-state index in [4.69, 9.17) is 15.7 Å². The van der Waals surface area contributed by atoms with Gasteiger partial charge in [0.15, 0.2) is 0 Å². The Balaban J connectivity index is 2.24. The molecule has 0 aromatic rings. The SMILES string of the molecule is COCCN1CCC(C(N)=NO)CC1. The maximum absolute atomic E-state index is 8.52. The summed E-state index contributed by atoms with van der Waals surface area (Å²) in [5, 5.41) is 11.6. The lowest BCUT2D eigenvalue weighted by atomic mass is 9.96. The highest BCUT2D eigenvalue weighted by Gasteiger charge is 2.21. The van der Waals surface area contributed by atoms with Crippen LogP contribution in [-0.2, 0) is 4.74 Å². The van der Waals surface area contributed by atoms with Crippen molar-refractivity contribution in [1.82, 2.24) is 4.90 Å². The minimum absolute atomic E-state index is 0.249. The van der Waals surface area contributed by atoms with Crippen molar-refractivity contribution in [2.24, 2.45) is 16.8 Å². The summed E-state index contributed by atoms with van der Waals surface area (Å²) < 4.78 is 5.01. The second kappa shape index (κ2) is 5.82. The van der Waals surface area contributed by atoms with Crippen LogP contribution in [-0.4, -0.2) is 49.3 Å². The third-order valence-corrected chi connectivity index (χ3v) is 2.73. The molecule has 0 unspecified atom stereocenters. The van der Waals surface area contributed by atoms with Crippen molar-refractivity contribution in [2.45, 2.75) is 12.8 Å². The van der Waals surface area contributed by atoms with Gasteiger partial charge in [0.1, 0.15) is 5.84 Å². The Hall–Kier alpha value is -0.810. The molecule has 0 saturated carbocycles. The molecule has 1 fully saturated rings. The Morgan fingerprint density at radius 3 is 2.71 bits per heavy atom. The number of nitrogens with zero attached hydrogens (tertiary/aromatic N) is 2. The Morgan fingerprint density at radius 2 is 2.21 bits per heavy atom. The van der Waals surface area contributed by atoms with Gasteiger partial charge >= 0.3 is 0 Å². The normalized spacial score (nSPS) is 21.4. The van der Waals surface area contributed by atoms with Crippen molar-refractivity contribution in [1.29, 1.82) is 0 Å². The Morgan fingerprint density at radius 1 is 1.57 bits per heavy atom. The van der Waals surface area contributed by atoms with E-state index in [-0.39, 0.29) is 5.92 Å². The molecular weight excluding hydrogens is 182 g/mol. The maximum Gasteiger partial charge on any atom is 0.142 e. The minimum Gasteiger partial charge on any atom is -0.409 e. The average Bonchev–Trinajstić information content (AvgIpc) is 2.26. The van der Waals surface area contributed by atoms with E-state index in [0.29, 0.717) is 5.84 Å². The monoisotopic (exact) mass is 201 g/mol. The number of likely N-dealkylation sites (tertiary alicyclic amines) is 1. The van der Waals surface area contributed by atoms with Gasteiger partial charge in [-0.05, 0) is 25.9 Å². The zero-order chi connectivity index (χ0) is 10.4. The van der Waals surface area contributed by atoms with Crippen LogP contribution in [0.3, 0.4) is 0 Å². The van der Waals surface area contributed by atoms with Crippen molar-refractivity contribution in [3.05, 3.63) is 0 Å². The zero-order valence-corrected chi connectivity index (χ0v) is 8.65. The number of methoxy groups -OCH3 is 1. The Kier molecular flexibility index (Phi) is 4.69. The molecule has 0 bridgehead atoms. The number of hydrogen-bond acceptors (Lipinski definition) is 4. The summed E-state index contributed by atoms with van der Waals surface area (Å²) in [5.74, 6) is 0.621. The van der Waals surface area contributed by atoms with Crippen molar-refractivity contribution >= 4 is 5.84 Å². The predicted octanol–water partition coefficient (Wildman–Crippen LogP) is 0.0912. The van der Waals surface area contributed by atoms with Crippen LogP contribution < -0.4 is 5.73 Å². The first-order valence-electron chi connectivity index (χ1n) is 4.96. The molecule has 1 heterocycles. The first-order chi connectivity index (χ1) is 6.77. The molecule has 5 nitrogen and oxygen atoms in total. The van der Waals surface area contributed by atoms with Gasteiger partial charge in [-0.15, -0.1) is 0 Å². The lowest BCUT2D eigenvalue weighted by Crippen LogP contribution is -2.39. The first-order valence-corrected chi connectivity index (χ1v) is 4.96. The van der Waals surface area contributed by atoms with Crippen LogP contribution in [0.25, 0.3) is 0 Å². The van der Waals surface area contributed by atoms with E-state index in [0.717, 1.165) is 39.1 Å². The summed E-state index contributed by atoms with van der Waals surface area (Å²) in [5.41, 5.74) is 5.55. The van der Waals surface area contributed by atoms with Gasteiger partial charge in [-0.1, -0.05) is 5.16 Å². The number of nitrogens with two attached hydrogens (primary N) is 1. The fourth-order valence-electron chi connectivity index (χ4n) is 1.75. The standard InChI is InChI=1S/C9H19N3O2/c1-14-7-6-12-4-2-8(3-5-12)9(10)11-13/h8,13H,2-7H2,1H3,(H2,10,11). The fourth-order valence-corrected chi connectivity index (χ4v) is 1.75. The van der Waals surface area contributed by atoms with E-state index in [2.05, 4.69) is 10.1 Å². The van der Waals surface area contributed by atoms with Gasteiger partial charge in [0.2, 0.25) is 0 Å². The molecule has 0 aromatic heterocycles. The molecule has 0 aliphatic carbocycles. The van der Waals surface area contributed by atoms with E-state index in [9.17, 15) is 0 Å². The summed E-state index contributed by atoms with van der Waals surface area (Å²) in [6.45, 7) is 3.75. The molecule has 1 rings (SSSR count). The zero-order valence-electron chi connectivity index (χ0n) is 8.65. The highest BCUT2D eigenvalue weighted by Crippen LogP contribution is 2.16. The molecule has 5 heteroatoms. The van der Waals surface area contributed by atoms with Crippen LogP contribution in [0.15, 0.2) is 5.16 Å². The first kappa shape index (κ1) is 11.3. The van der Waals surface area contributed by atoms with Gasteiger partial charge < -0.3 is 20.6 Å². The van der Waals surface area contributed by atoms with Crippen LogP contribution >= 0.6 is 0 Å². The summed E-state index contributed by atoms with van der Waals surface area (Å²) >= 11 is 0. The number of hydrogen-bond donors (Lipinski definition) is 2. The second-order valence-electron chi connectivity index (χ2n) is 3.63. The van der Waals surface area contributed by atoms with E-state index >= 15 is 0 Å². The largest absolute Gasteiger partial charge is 0.409 e. The van der Waals surface area contributed by atoms with E-state index in [1.165, 1.54) is 0 Å². The van der Waals surface area contributed by atoms with Crippen LogP contribution in [0.4, 0.5) is 0 Å². The molecule has 0 spiro atoms. The predicted molar refractivity (Wildman–Crippen MR) is 54.4 cm³/mol. The third-order valence-electron chi connectivity index (χ3n) is 2.73. The van der Waals surface area contributed by atoms with Gasteiger partial charge in [-0.2, -0.15) is 0 Å². The number of oxime groups is 1. The highest BCUT2D eigenvalue weighted by atomic mass is 16.5. The molecule has 1 aliphatic rings. The summed E-state index contributed by atoms with van der Waals surface area (Å²) in [7, 11) is 1.71. The van der Waals surface area contributed by atoms with E-state index < -0.39 is 0 Å². The highest BCUT2D eigenvalue weighted by molar-refractivity contribution is 5.82. The summed E-state index contributed by atoms with van der Waals surface area (Å²) in [6, 6.07) is 0. The molecule has 3 N–H and O–H groups in total. The number of piperidine rings is 1. The minimum atomic E-state index is 0.249. The smallest absolute Gasteiger partial charge is 0.142 e. The summed E-state index contributed by atoms with van der Waals surface area (Å²) in [6.07, 6.45) is 1.94.